The minimum atomic E-state index is 0.464. The molecule has 2 heterocycles. The summed E-state index contributed by atoms with van der Waals surface area (Å²) in [5.74, 6) is 0.839. The number of morpholine rings is 1. The maximum atomic E-state index is 5.69. The van der Waals surface area contributed by atoms with Gasteiger partial charge in [-0.3, -0.25) is 0 Å². The van der Waals surface area contributed by atoms with Crippen LogP contribution in [0.25, 0.3) is 0 Å². The van der Waals surface area contributed by atoms with Crippen LogP contribution in [0.4, 0.5) is 11.5 Å². The number of pyridine rings is 1. The van der Waals surface area contributed by atoms with Crippen molar-refractivity contribution in [3.63, 3.8) is 0 Å². The monoisotopic (exact) mass is 219 g/mol. The molecule has 2 N–H and O–H groups in total. The van der Waals surface area contributed by atoms with Crippen molar-refractivity contribution in [3.8, 4) is 0 Å². The predicted molar refractivity (Wildman–Crippen MR) is 68.4 cm³/mol. The maximum Gasteiger partial charge on any atom is 0.141 e. The first-order valence-corrected chi connectivity index (χ1v) is 5.61. The first-order chi connectivity index (χ1) is 7.75. The second kappa shape index (κ2) is 6.38. The highest BCUT2D eigenvalue weighted by atomic mass is 16.5. The molecule has 5 heteroatoms. The Morgan fingerprint density at radius 1 is 1.31 bits per heavy atom. The van der Waals surface area contributed by atoms with Crippen LogP contribution in [0.1, 0.15) is 13.8 Å². The van der Waals surface area contributed by atoms with Crippen LogP contribution in [0.5, 0.6) is 0 Å². The third-order valence-electron chi connectivity index (χ3n) is 2.19. The van der Waals surface area contributed by atoms with E-state index in [2.05, 4.69) is 9.88 Å². The lowest BCUT2D eigenvalue weighted by atomic mass is 10.0. The van der Waals surface area contributed by atoms with Crippen molar-refractivity contribution in [2.75, 3.05) is 36.9 Å². The molecule has 0 unspecified atom stereocenters. The summed E-state index contributed by atoms with van der Waals surface area (Å²) in [5, 5.41) is 0. The fraction of sp³-hybridized carbons (Fsp3) is 0.545. The molecule has 1 saturated heterocycles. The number of anilines is 2. The van der Waals surface area contributed by atoms with Crippen LogP contribution in [0, 0.1) is 0 Å². The van der Waals surface area contributed by atoms with E-state index >= 15 is 0 Å². The van der Waals surface area contributed by atoms with E-state index in [1.54, 1.807) is 6.07 Å². The van der Waals surface area contributed by atoms with Crippen LogP contribution in [0.2, 0.25) is 0 Å². The standard InChI is InChI=1S/C9H12BN3O.C2H6/c10-8-5-7(11)6-9(12-8)13-1-3-14-4-2-13;1-2/h5-6H,1-4H2,(H2,11,12);1-2H3. The van der Waals surface area contributed by atoms with Crippen LogP contribution in [-0.2, 0) is 4.74 Å². The summed E-state index contributed by atoms with van der Waals surface area (Å²) in [6.45, 7) is 7.15. The molecule has 4 nitrogen and oxygen atoms in total. The Balaban J connectivity index is 0.000000606. The summed E-state index contributed by atoms with van der Waals surface area (Å²) in [7, 11) is 5.62. The highest BCUT2D eigenvalue weighted by molar-refractivity contribution is 6.31. The molecule has 1 aliphatic heterocycles. The molecule has 1 aromatic rings. The minimum absolute atomic E-state index is 0.464. The molecule has 16 heavy (non-hydrogen) atoms. The second-order valence-electron chi connectivity index (χ2n) is 3.28. The van der Waals surface area contributed by atoms with Gasteiger partial charge in [-0.25, -0.2) is 4.98 Å². The number of ether oxygens (including phenoxy) is 1. The molecule has 2 rings (SSSR count). The van der Waals surface area contributed by atoms with Gasteiger partial charge in [0.1, 0.15) is 13.7 Å². The highest BCUT2D eigenvalue weighted by Gasteiger charge is 2.12. The van der Waals surface area contributed by atoms with E-state index in [-0.39, 0.29) is 0 Å². The molecule has 0 spiro atoms. The number of nitrogens with zero attached hydrogens (tertiary/aromatic N) is 2. The Morgan fingerprint density at radius 2 is 1.94 bits per heavy atom. The molecule has 0 aromatic carbocycles. The Bertz CT molecular complexity index is 307. The number of nitrogens with two attached hydrogens (primary N) is 1. The summed E-state index contributed by atoms with van der Waals surface area (Å²) in [5.41, 5.74) is 6.80. The first-order valence-electron chi connectivity index (χ1n) is 5.61. The normalized spacial score (nSPS) is 15.2. The van der Waals surface area contributed by atoms with Gasteiger partial charge in [0.25, 0.3) is 0 Å². The molecule has 0 saturated carbocycles. The molecule has 1 aliphatic rings. The number of nitrogen functional groups attached to an aromatic ring is 1. The summed E-state index contributed by atoms with van der Waals surface area (Å²) in [6.07, 6.45) is 0. The van der Waals surface area contributed by atoms with Crippen molar-refractivity contribution < 1.29 is 4.74 Å². The van der Waals surface area contributed by atoms with Crippen LogP contribution < -0.4 is 16.2 Å². The Labute approximate surface area is 98.2 Å². The van der Waals surface area contributed by atoms with Gasteiger partial charge < -0.3 is 15.4 Å². The number of hydrogen-bond donors (Lipinski definition) is 1. The second-order valence-corrected chi connectivity index (χ2v) is 3.28. The maximum absolute atomic E-state index is 5.69. The fourth-order valence-corrected chi connectivity index (χ4v) is 1.51. The zero-order chi connectivity index (χ0) is 12.0. The lowest BCUT2D eigenvalue weighted by Crippen LogP contribution is -2.37. The van der Waals surface area contributed by atoms with E-state index in [0.29, 0.717) is 11.3 Å². The van der Waals surface area contributed by atoms with Gasteiger partial charge in [0, 0.05) is 24.8 Å². The van der Waals surface area contributed by atoms with Gasteiger partial charge in [-0.1, -0.05) is 13.8 Å². The van der Waals surface area contributed by atoms with Crippen molar-refractivity contribution in [1.29, 1.82) is 0 Å². The zero-order valence-electron chi connectivity index (χ0n) is 9.94. The van der Waals surface area contributed by atoms with Crippen molar-refractivity contribution in [1.82, 2.24) is 4.98 Å². The number of aromatic nitrogens is 1. The van der Waals surface area contributed by atoms with Crippen LogP contribution >= 0.6 is 0 Å². The highest BCUT2D eigenvalue weighted by Crippen LogP contribution is 2.13. The van der Waals surface area contributed by atoms with E-state index in [9.17, 15) is 0 Å². The van der Waals surface area contributed by atoms with E-state index in [1.165, 1.54) is 0 Å². The van der Waals surface area contributed by atoms with Gasteiger partial charge in [0.2, 0.25) is 0 Å². The van der Waals surface area contributed by atoms with E-state index in [1.807, 2.05) is 19.9 Å². The van der Waals surface area contributed by atoms with E-state index < -0.39 is 0 Å². The quantitative estimate of drug-likeness (QED) is 0.691. The first kappa shape index (κ1) is 12.8. The van der Waals surface area contributed by atoms with Gasteiger partial charge in [-0.15, -0.1) is 0 Å². The third-order valence-corrected chi connectivity index (χ3v) is 2.19. The molecule has 86 valence electrons. The van der Waals surface area contributed by atoms with Gasteiger partial charge in [0.15, 0.2) is 0 Å². The molecule has 0 amide bonds. The summed E-state index contributed by atoms with van der Waals surface area (Å²) in [6, 6.07) is 3.49. The minimum Gasteiger partial charge on any atom is -0.399 e. The van der Waals surface area contributed by atoms with Gasteiger partial charge in [0.05, 0.1) is 13.2 Å². The molecule has 0 atom stereocenters. The van der Waals surface area contributed by atoms with Gasteiger partial charge >= 0.3 is 0 Å². The zero-order valence-corrected chi connectivity index (χ0v) is 9.94. The topological polar surface area (TPSA) is 51.4 Å². The largest absolute Gasteiger partial charge is 0.399 e. The van der Waals surface area contributed by atoms with E-state index in [0.717, 1.165) is 32.1 Å². The summed E-state index contributed by atoms with van der Waals surface area (Å²) < 4.78 is 5.25. The average Bonchev–Trinajstić information content (AvgIpc) is 2.32. The third kappa shape index (κ3) is 3.41. The molecular formula is C11H18BN3O. The molecular weight excluding hydrogens is 201 g/mol. The predicted octanol–water partition coefficient (Wildman–Crippen LogP) is 0.320. The average molecular weight is 219 g/mol. The Morgan fingerprint density at radius 3 is 2.50 bits per heavy atom. The molecule has 0 bridgehead atoms. The summed E-state index contributed by atoms with van der Waals surface area (Å²) >= 11 is 0. The number of hydrogen-bond acceptors (Lipinski definition) is 4. The lowest BCUT2D eigenvalue weighted by molar-refractivity contribution is 0.122. The SMILES string of the molecule is CC.[B]c1cc(N)cc(N2CCOCC2)n1. The van der Waals surface area contributed by atoms with Gasteiger partial charge in [-0.2, -0.15) is 0 Å². The molecule has 1 aromatic heterocycles. The van der Waals surface area contributed by atoms with Gasteiger partial charge in [-0.05, 0) is 11.7 Å². The fourth-order valence-electron chi connectivity index (χ4n) is 1.51. The number of rotatable bonds is 1. The van der Waals surface area contributed by atoms with Crippen LogP contribution in [0.3, 0.4) is 0 Å². The van der Waals surface area contributed by atoms with Crippen LogP contribution in [-0.4, -0.2) is 39.1 Å². The molecule has 0 aliphatic carbocycles. The molecule has 1 fully saturated rings. The summed E-state index contributed by atoms with van der Waals surface area (Å²) in [4.78, 5) is 6.35. The van der Waals surface area contributed by atoms with E-state index in [4.69, 9.17) is 18.3 Å². The lowest BCUT2D eigenvalue weighted by Gasteiger charge is -2.28. The Hall–Kier alpha value is -1.23. The van der Waals surface area contributed by atoms with Crippen LogP contribution in [0.15, 0.2) is 12.1 Å². The molecule has 2 radical (unpaired) electrons. The smallest absolute Gasteiger partial charge is 0.141 e. The van der Waals surface area contributed by atoms with Crippen molar-refractivity contribution in [2.45, 2.75) is 13.8 Å². The van der Waals surface area contributed by atoms with Crippen molar-refractivity contribution in [2.24, 2.45) is 0 Å². The Kier molecular flexibility index (Phi) is 5.12. The van der Waals surface area contributed by atoms with Crippen molar-refractivity contribution >= 4 is 24.9 Å². The van der Waals surface area contributed by atoms with Crippen molar-refractivity contribution in [3.05, 3.63) is 12.1 Å².